The molecule has 0 spiro atoms. The second kappa shape index (κ2) is 4.33. The van der Waals surface area contributed by atoms with Crippen molar-refractivity contribution in [1.29, 1.82) is 0 Å². The van der Waals surface area contributed by atoms with Crippen molar-refractivity contribution in [3.63, 3.8) is 0 Å². The van der Waals surface area contributed by atoms with Gasteiger partial charge < -0.3 is 0 Å². The maximum atomic E-state index is 13.1. The number of carbonyl (C=O) groups is 2. The van der Waals surface area contributed by atoms with Crippen LogP contribution in [0.2, 0.25) is 0 Å². The van der Waals surface area contributed by atoms with Crippen molar-refractivity contribution in [1.82, 2.24) is 0 Å². The van der Waals surface area contributed by atoms with Gasteiger partial charge in [-0.05, 0) is 25.1 Å². The van der Waals surface area contributed by atoms with E-state index in [4.69, 9.17) is 11.6 Å². The Bertz CT molecular complexity index is 374. The van der Waals surface area contributed by atoms with E-state index in [-0.39, 0.29) is 11.1 Å². The highest BCUT2D eigenvalue weighted by Gasteiger charge is 2.16. The Kier molecular flexibility index (Phi) is 3.36. The molecule has 2 nitrogen and oxygen atoms in total. The molecule has 1 unspecified atom stereocenters. The summed E-state index contributed by atoms with van der Waals surface area (Å²) >= 11 is 5.53. The average molecular weight is 215 g/mol. The van der Waals surface area contributed by atoms with Gasteiger partial charge in [0, 0.05) is 5.56 Å². The first-order chi connectivity index (χ1) is 6.56. The number of hydrogen-bond donors (Lipinski definition) is 0. The summed E-state index contributed by atoms with van der Waals surface area (Å²) in [7, 11) is 0. The monoisotopic (exact) mass is 214 g/mol. The number of hydrogen-bond acceptors (Lipinski definition) is 2. The highest BCUT2D eigenvalue weighted by Crippen LogP contribution is 2.14. The van der Waals surface area contributed by atoms with E-state index in [0.717, 1.165) is 6.07 Å². The van der Waals surface area contributed by atoms with Crippen molar-refractivity contribution in [3.05, 3.63) is 35.1 Å². The van der Waals surface area contributed by atoms with Crippen LogP contribution in [-0.2, 0) is 0 Å². The number of aldehydes is 1. The average Bonchev–Trinajstić information content (AvgIpc) is 2.17. The lowest BCUT2D eigenvalue weighted by atomic mass is 10.1. The number of Topliss-reactive ketones (excluding diaryl/α,β-unsaturated/α-hetero) is 1. The van der Waals surface area contributed by atoms with Crippen LogP contribution in [0.1, 0.15) is 27.6 Å². The van der Waals surface area contributed by atoms with Crippen molar-refractivity contribution < 1.29 is 14.0 Å². The van der Waals surface area contributed by atoms with Gasteiger partial charge in [0.25, 0.3) is 0 Å². The van der Waals surface area contributed by atoms with Crippen LogP contribution in [0.3, 0.4) is 0 Å². The van der Waals surface area contributed by atoms with Gasteiger partial charge in [-0.25, -0.2) is 4.39 Å². The summed E-state index contributed by atoms with van der Waals surface area (Å²) in [5.74, 6) is -1.18. The first-order valence-electron chi connectivity index (χ1n) is 3.99. The molecule has 0 radical (unpaired) electrons. The van der Waals surface area contributed by atoms with E-state index < -0.39 is 17.0 Å². The van der Waals surface area contributed by atoms with E-state index in [0.29, 0.717) is 6.29 Å². The number of rotatable bonds is 3. The van der Waals surface area contributed by atoms with Crippen LogP contribution in [-0.4, -0.2) is 17.4 Å². The summed E-state index contributed by atoms with van der Waals surface area (Å²) < 4.78 is 13.1. The van der Waals surface area contributed by atoms with Gasteiger partial charge in [0.05, 0.1) is 10.9 Å². The van der Waals surface area contributed by atoms with Crippen LogP contribution < -0.4 is 0 Å². The van der Waals surface area contributed by atoms with Crippen molar-refractivity contribution >= 4 is 23.7 Å². The van der Waals surface area contributed by atoms with Crippen LogP contribution in [0.5, 0.6) is 0 Å². The molecule has 0 aliphatic heterocycles. The zero-order chi connectivity index (χ0) is 10.7. The molecular formula is C10H8ClFO2. The first kappa shape index (κ1) is 10.9. The lowest BCUT2D eigenvalue weighted by molar-refractivity contribution is 0.0988. The molecule has 0 amide bonds. The largest absolute Gasteiger partial charge is 0.298 e. The third kappa shape index (κ3) is 2.17. The smallest absolute Gasteiger partial charge is 0.183 e. The minimum absolute atomic E-state index is 0.142. The van der Waals surface area contributed by atoms with Crippen molar-refractivity contribution in [2.45, 2.75) is 12.3 Å². The third-order valence-corrected chi connectivity index (χ3v) is 1.95. The van der Waals surface area contributed by atoms with Crippen LogP contribution in [0.4, 0.5) is 4.39 Å². The Morgan fingerprint density at radius 1 is 1.57 bits per heavy atom. The molecule has 0 saturated heterocycles. The molecule has 1 aromatic rings. The van der Waals surface area contributed by atoms with E-state index in [1.54, 1.807) is 0 Å². The van der Waals surface area contributed by atoms with Crippen molar-refractivity contribution in [2.24, 2.45) is 0 Å². The second-order valence-electron chi connectivity index (χ2n) is 2.84. The molecule has 0 aromatic heterocycles. The summed E-state index contributed by atoms with van der Waals surface area (Å²) in [6, 6.07) is 3.58. The molecule has 1 aromatic carbocycles. The highest BCUT2D eigenvalue weighted by molar-refractivity contribution is 6.33. The number of ketones is 1. The SMILES string of the molecule is CC(Cl)C(=O)c1cc(C=O)ccc1F. The quantitative estimate of drug-likeness (QED) is 0.440. The van der Waals surface area contributed by atoms with E-state index in [1.165, 1.54) is 19.1 Å². The summed E-state index contributed by atoms with van der Waals surface area (Å²) in [4.78, 5) is 21.7. The Labute approximate surface area is 85.7 Å². The van der Waals surface area contributed by atoms with E-state index >= 15 is 0 Å². The predicted octanol–water partition coefficient (Wildman–Crippen LogP) is 2.45. The lowest BCUT2D eigenvalue weighted by Gasteiger charge is -2.04. The van der Waals surface area contributed by atoms with Gasteiger partial charge in [0.2, 0.25) is 0 Å². The van der Waals surface area contributed by atoms with Gasteiger partial charge in [-0.15, -0.1) is 11.6 Å². The number of carbonyl (C=O) groups excluding carboxylic acids is 2. The molecule has 0 heterocycles. The Morgan fingerprint density at radius 3 is 2.71 bits per heavy atom. The zero-order valence-electron chi connectivity index (χ0n) is 7.46. The van der Waals surface area contributed by atoms with Gasteiger partial charge in [-0.2, -0.15) is 0 Å². The van der Waals surface area contributed by atoms with Crippen molar-refractivity contribution in [2.75, 3.05) is 0 Å². The van der Waals surface area contributed by atoms with Gasteiger partial charge in [0.1, 0.15) is 12.1 Å². The fourth-order valence-corrected chi connectivity index (χ4v) is 1.14. The molecule has 0 N–H and O–H groups in total. The molecule has 1 rings (SSSR count). The molecule has 4 heteroatoms. The minimum Gasteiger partial charge on any atom is -0.298 e. The Hall–Kier alpha value is -1.22. The van der Waals surface area contributed by atoms with Gasteiger partial charge >= 0.3 is 0 Å². The van der Waals surface area contributed by atoms with Gasteiger partial charge in [0.15, 0.2) is 5.78 Å². The highest BCUT2D eigenvalue weighted by atomic mass is 35.5. The Balaban J connectivity index is 3.18. The molecule has 0 fully saturated rings. The van der Waals surface area contributed by atoms with E-state index in [1.807, 2.05) is 0 Å². The zero-order valence-corrected chi connectivity index (χ0v) is 8.22. The van der Waals surface area contributed by atoms with Crippen molar-refractivity contribution in [3.8, 4) is 0 Å². The fourth-order valence-electron chi connectivity index (χ4n) is 1.02. The predicted molar refractivity (Wildman–Crippen MR) is 51.4 cm³/mol. The number of benzene rings is 1. The molecule has 0 aliphatic carbocycles. The van der Waals surface area contributed by atoms with Crippen LogP contribution in [0.15, 0.2) is 18.2 Å². The maximum Gasteiger partial charge on any atom is 0.183 e. The van der Waals surface area contributed by atoms with Crippen LogP contribution in [0.25, 0.3) is 0 Å². The van der Waals surface area contributed by atoms with Crippen LogP contribution >= 0.6 is 11.6 Å². The molecule has 14 heavy (non-hydrogen) atoms. The molecule has 1 atom stereocenters. The minimum atomic E-state index is -0.800. The van der Waals surface area contributed by atoms with Gasteiger partial charge in [-0.1, -0.05) is 0 Å². The maximum absolute atomic E-state index is 13.1. The summed E-state index contributed by atoms with van der Waals surface area (Å²) in [5, 5.41) is -0.800. The summed E-state index contributed by atoms with van der Waals surface area (Å²) in [6.45, 7) is 1.46. The summed E-state index contributed by atoms with van der Waals surface area (Å²) in [5.41, 5.74) is 0.115. The number of halogens is 2. The summed E-state index contributed by atoms with van der Waals surface area (Å²) in [6.07, 6.45) is 0.551. The standard InChI is InChI=1S/C10H8ClFO2/c1-6(11)10(14)8-4-7(5-13)2-3-9(8)12/h2-6H,1H3. The normalized spacial score (nSPS) is 12.2. The lowest BCUT2D eigenvalue weighted by Crippen LogP contribution is -2.12. The van der Waals surface area contributed by atoms with E-state index in [2.05, 4.69) is 0 Å². The Morgan fingerprint density at radius 2 is 2.21 bits per heavy atom. The molecule has 74 valence electrons. The number of alkyl halides is 1. The second-order valence-corrected chi connectivity index (χ2v) is 3.49. The molecule has 0 bridgehead atoms. The molecule has 0 saturated carbocycles. The van der Waals surface area contributed by atoms with E-state index in [9.17, 15) is 14.0 Å². The van der Waals surface area contributed by atoms with Crippen LogP contribution in [0, 0.1) is 5.82 Å². The molecular weight excluding hydrogens is 207 g/mol. The molecule has 0 aliphatic rings. The topological polar surface area (TPSA) is 34.1 Å². The fraction of sp³-hybridized carbons (Fsp3) is 0.200. The third-order valence-electron chi connectivity index (χ3n) is 1.75. The first-order valence-corrected chi connectivity index (χ1v) is 4.43. The van der Waals surface area contributed by atoms with Gasteiger partial charge in [-0.3, -0.25) is 9.59 Å².